The highest BCUT2D eigenvalue weighted by Crippen LogP contribution is 2.09. The zero-order chi connectivity index (χ0) is 21.3. The molecule has 0 rings (SSSR count). The molecule has 0 aromatic rings. The second-order valence-corrected chi connectivity index (χ2v) is 7.02. The number of amides is 1. The number of carboxylic acids is 1. The van der Waals surface area contributed by atoms with Gasteiger partial charge in [0.05, 0.1) is 6.61 Å². The first-order valence-corrected chi connectivity index (χ1v) is 11.0. The van der Waals surface area contributed by atoms with Crippen LogP contribution in [0.5, 0.6) is 0 Å². The molecule has 0 heterocycles. The first-order valence-electron chi connectivity index (χ1n) is 11.0. The number of carbonyl (C=O) groups is 2. The largest absolute Gasteiger partial charge is 0.480 e. The maximum absolute atomic E-state index is 11.3. The molecule has 1 amide bonds. The Morgan fingerprint density at radius 1 is 0.857 bits per heavy atom. The van der Waals surface area contributed by atoms with E-state index in [4.69, 9.17) is 15.9 Å². The van der Waals surface area contributed by atoms with Crippen LogP contribution in [0.25, 0.3) is 0 Å². The van der Waals surface area contributed by atoms with Gasteiger partial charge in [0.15, 0.2) is 0 Å². The fourth-order valence-corrected chi connectivity index (χ4v) is 2.62. The molecule has 166 valence electrons. The van der Waals surface area contributed by atoms with E-state index in [0.717, 1.165) is 25.7 Å². The van der Waals surface area contributed by atoms with Crippen LogP contribution in [0, 0.1) is 0 Å². The minimum atomic E-state index is -0.993. The first-order chi connectivity index (χ1) is 13.6. The van der Waals surface area contributed by atoms with Gasteiger partial charge in [-0.15, -0.1) is 0 Å². The van der Waals surface area contributed by atoms with Gasteiger partial charge in [0.25, 0.3) is 0 Å². The maximum atomic E-state index is 11.3. The molecule has 6 nitrogen and oxygen atoms in total. The standard InChI is InChI=1S/C20H37NO3.C2H7NO/c1-2-3-4-5-6-7-8-9-10-11-12-13-14-15-16-17-19(22)21-18-20(23)24;3-1-2-4/h9-10H,2-8,11-18H2,1H3,(H,21,22)(H,23,24);4H,1-3H2/b10-9-;. The summed E-state index contributed by atoms with van der Waals surface area (Å²) in [4.78, 5) is 21.6. The predicted octanol–water partition coefficient (Wildman–Crippen LogP) is 4.16. The van der Waals surface area contributed by atoms with Crippen LogP contribution in [0.2, 0.25) is 0 Å². The number of nitrogens with one attached hydrogen (secondary N) is 1. The van der Waals surface area contributed by atoms with Gasteiger partial charge in [-0.2, -0.15) is 0 Å². The highest BCUT2D eigenvalue weighted by molar-refractivity contribution is 5.80. The smallest absolute Gasteiger partial charge is 0.322 e. The number of hydrogen-bond acceptors (Lipinski definition) is 4. The van der Waals surface area contributed by atoms with Crippen molar-refractivity contribution < 1.29 is 19.8 Å². The highest BCUT2D eigenvalue weighted by Gasteiger charge is 2.02. The number of unbranched alkanes of at least 4 members (excludes halogenated alkanes) is 11. The number of nitrogens with two attached hydrogens (primary N) is 1. The van der Waals surface area contributed by atoms with E-state index in [-0.39, 0.29) is 19.1 Å². The topological polar surface area (TPSA) is 113 Å². The lowest BCUT2D eigenvalue weighted by molar-refractivity contribution is -0.137. The molecular weight excluding hydrogens is 356 g/mol. The summed E-state index contributed by atoms with van der Waals surface area (Å²) in [5.74, 6) is -1.15. The number of aliphatic hydroxyl groups is 1. The number of aliphatic hydroxyl groups excluding tert-OH is 1. The summed E-state index contributed by atoms with van der Waals surface area (Å²) in [5, 5.41) is 18.6. The van der Waals surface area contributed by atoms with Crippen molar-refractivity contribution in [1.29, 1.82) is 0 Å². The molecule has 0 aromatic heterocycles. The average molecular weight is 401 g/mol. The third-order valence-electron chi connectivity index (χ3n) is 4.23. The molecule has 0 aromatic carbocycles. The second-order valence-electron chi connectivity index (χ2n) is 7.02. The highest BCUT2D eigenvalue weighted by atomic mass is 16.4. The molecule has 0 aliphatic heterocycles. The molecule has 0 unspecified atom stereocenters. The molecule has 0 spiro atoms. The van der Waals surface area contributed by atoms with Crippen molar-refractivity contribution >= 4 is 11.9 Å². The Labute approximate surface area is 172 Å². The summed E-state index contributed by atoms with van der Waals surface area (Å²) in [7, 11) is 0. The van der Waals surface area contributed by atoms with Gasteiger partial charge in [0.1, 0.15) is 6.54 Å². The molecule has 0 fully saturated rings. The predicted molar refractivity (Wildman–Crippen MR) is 116 cm³/mol. The Kier molecular flexibility index (Phi) is 26.3. The summed E-state index contributed by atoms with van der Waals surface area (Å²) in [6, 6.07) is 0. The minimum absolute atomic E-state index is 0.0972. The van der Waals surface area contributed by atoms with Crippen LogP contribution >= 0.6 is 0 Å². The lowest BCUT2D eigenvalue weighted by atomic mass is 10.1. The van der Waals surface area contributed by atoms with Gasteiger partial charge >= 0.3 is 5.97 Å². The molecule has 0 bridgehead atoms. The van der Waals surface area contributed by atoms with Crippen molar-refractivity contribution in [2.45, 2.75) is 96.8 Å². The van der Waals surface area contributed by atoms with Crippen molar-refractivity contribution in [3.63, 3.8) is 0 Å². The van der Waals surface area contributed by atoms with Gasteiger partial charge in [-0.05, 0) is 32.1 Å². The minimum Gasteiger partial charge on any atom is -0.480 e. The molecule has 0 saturated heterocycles. The van der Waals surface area contributed by atoms with Gasteiger partial charge in [-0.1, -0.05) is 70.4 Å². The van der Waals surface area contributed by atoms with Gasteiger partial charge in [-0.3, -0.25) is 9.59 Å². The molecule has 0 saturated carbocycles. The monoisotopic (exact) mass is 400 g/mol. The van der Waals surface area contributed by atoms with E-state index >= 15 is 0 Å². The Morgan fingerprint density at radius 2 is 1.32 bits per heavy atom. The van der Waals surface area contributed by atoms with Crippen molar-refractivity contribution in [3.8, 4) is 0 Å². The van der Waals surface area contributed by atoms with E-state index in [9.17, 15) is 9.59 Å². The fourth-order valence-electron chi connectivity index (χ4n) is 2.62. The van der Waals surface area contributed by atoms with Crippen LogP contribution in [0.3, 0.4) is 0 Å². The molecule has 0 atom stereocenters. The van der Waals surface area contributed by atoms with Crippen LogP contribution in [0.4, 0.5) is 0 Å². The lowest BCUT2D eigenvalue weighted by Gasteiger charge is -2.02. The summed E-state index contributed by atoms with van der Waals surface area (Å²) < 4.78 is 0. The molecule has 5 N–H and O–H groups in total. The first kappa shape index (κ1) is 28.8. The SMILES string of the molecule is CCCCCCCC/C=C\CCCCCCCC(=O)NCC(=O)O.NCCO. The third-order valence-corrected chi connectivity index (χ3v) is 4.23. The number of allylic oxidation sites excluding steroid dienone is 2. The Bertz CT molecular complexity index is 372. The van der Waals surface area contributed by atoms with E-state index in [1.807, 2.05) is 0 Å². The van der Waals surface area contributed by atoms with E-state index in [1.165, 1.54) is 57.8 Å². The number of rotatable bonds is 18. The Morgan fingerprint density at radius 3 is 1.79 bits per heavy atom. The Hall–Kier alpha value is -1.40. The summed E-state index contributed by atoms with van der Waals surface area (Å²) in [5.41, 5.74) is 4.78. The lowest BCUT2D eigenvalue weighted by Crippen LogP contribution is -2.28. The second kappa shape index (κ2) is 25.6. The fraction of sp³-hybridized carbons (Fsp3) is 0.818. The molecule has 0 aliphatic rings. The van der Waals surface area contributed by atoms with Gasteiger partial charge in [0, 0.05) is 13.0 Å². The molecule has 0 radical (unpaired) electrons. The van der Waals surface area contributed by atoms with E-state index in [0.29, 0.717) is 13.0 Å². The van der Waals surface area contributed by atoms with E-state index < -0.39 is 5.97 Å². The number of carbonyl (C=O) groups excluding carboxylic acids is 1. The van der Waals surface area contributed by atoms with Crippen molar-refractivity contribution in [2.24, 2.45) is 5.73 Å². The third kappa shape index (κ3) is 29.4. The van der Waals surface area contributed by atoms with Crippen LogP contribution in [0.1, 0.15) is 96.8 Å². The zero-order valence-corrected chi connectivity index (χ0v) is 18.0. The van der Waals surface area contributed by atoms with Crippen LogP contribution < -0.4 is 11.1 Å². The van der Waals surface area contributed by atoms with Crippen molar-refractivity contribution in [3.05, 3.63) is 12.2 Å². The molecule has 6 heteroatoms. The van der Waals surface area contributed by atoms with Crippen molar-refractivity contribution in [1.82, 2.24) is 5.32 Å². The van der Waals surface area contributed by atoms with Crippen LogP contribution in [-0.4, -0.2) is 41.8 Å². The van der Waals surface area contributed by atoms with Gasteiger partial charge < -0.3 is 21.3 Å². The van der Waals surface area contributed by atoms with E-state index in [1.54, 1.807) is 0 Å². The van der Waals surface area contributed by atoms with E-state index in [2.05, 4.69) is 24.4 Å². The average Bonchev–Trinajstić information content (AvgIpc) is 2.69. The van der Waals surface area contributed by atoms with Gasteiger partial charge in [-0.25, -0.2) is 0 Å². The normalized spacial score (nSPS) is 10.5. The van der Waals surface area contributed by atoms with Gasteiger partial charge in [0.2, 0.25) is 5.91 Å². The quantitative estimate of drug-likeness (QED) is 0.204. The Balaban J connectivity index is 0. The maximum Gasteiger partial charge on any atom is 0.322 e. The molecule has 0 aliphatic carbocycles. The number of carboxylic acid groups (broad SMARTS) is 1. The zero-order valence-electron chi connectivity index (χ0n) is 18.0. The van der Waals surface area contributed by atoms with Crippen molar-refractivity contribution in [2.75, 3.05) is 19.7 Å². The summed E-state index contributed by atoms with van der Waals surface area (Å²) in [6.45, 7) is 2.45. The number of hydrogen-bond donors (Lipinski definition) is 4. The molecular formula is C22H44N2O4. The summed E-state index contributed by atoms with van der Waals surface area (Å²) in [6.07, 6.45) is 21.1. The van der Waals surface area contributed by atoms with Crippen LogP contribution in [-0.2, 0) is 9.59 Å². The summed E-state index contributed by atoms with van der Waals surface area (Å²) >= 11 is 0. The van der Waals surface area contributed by atoms with Crippen LogP contribution in [0.15, 0.2) is 12.2 Å². The number of aliphatic carboxylic acids is 1. The molecule has 28 heavy (non-hydrogen) atoms.